The average Bonchev–Trinajstić information content (AvgIpc) is 2.78. The molecule has 0 radical (unpaired) electrons. The van der Waals surface area contributed by atoms with Gasteiger partial charge in [0.2, 0.25) is 0 Å². The molecule has 0 fully saturated rings. The number of hydrogen-bond acceptors (Lipinski definition) is 4. The van der Waals surface area contributed by atoms with Crippen LogP contribution in [0, 0.1) is 3.57 Å². The largest absolute Gasteiger partial charge is 0.465 e. The van der Waals surface area contributed by atoms with E-state index in [0.29, 0.717) is 16.9 Å². The lowest BCUT2D eigenvalue weighted by atomic mass is 10.1. The summed E-state index contributed by atoms with van der Waals surface area (Å²) < 4.78 is 6.91. The van der Waals surface area contributed by atoms with Crippen LogP contribution in [0.4, 0.5) is 5.69 Å². The standard InChI is InChI=1S/C13H12IN3O3/c1-17-11(9(14)7-15-17)12(18)16-10-6-4-3-5-8(10)13(19)20-2/h3-7H,1-2H3,(H,16,18). The number of benzene rings is 1. The molecular weight excluding hydrogens is 373 g/mol. The van der Waals surface area contributed by atoms with E-state index in [9.17, 15) is 9.59 Å². The zero-order valence-electron chi connectivity index (χ0n) is 10.9. The van der Waals surface area contributed by atoms with E-state index in [0.717, 1.165) is 3.57 Å². The van der Waals surface area contributed by atoms with Gasteiger partial charge in [0, 0.05) is 7.05 Å². The van der Waals surface area contributed by atoms with Crippen molar-refractivity contribution in [2.75, 3.05) is 12.4 Å². The molecule has 1 amide bonds. The van der Waals surface area contributed by atoms with Crippen molar-refractivity contribution in [1.29, 1.82) is 0 Å². The zero-order valence-corrected chi connectivity index (χ0v) is 13.0. The third-order valence-corrected chi connectivity index (χ3v) is 3.48. The highest BCUT2D eigenvalue weighted by molar-refractivity contribution is 14.1. The molecule has 0 aliphatic rings. The van der Waals surface area contributed by atoms with Crippen molar-refractivity contribution in [3.05, 3.63) is 45.3 Å². The number of methoxy groups -OCH3 is 1. The molecule has 1 heterocycles. The van der Waals surface area contributed by atoms with Crippen molar-refractivity contribution in [3.63, 3.8) is 0 Å². The molecule has 0 unspecified atom stereocenters. The second kappa shape index (κ2) is 6.04. The summed E-state index contributed by atoms with van der Waals surface area (Å²) in [5.41, 5.74) is 1.15. The van der Waals surface area contributed by atoms with Gasteiger partial charge >= 0.3 is 5.97 Å². The van der Waals surface area contributed by atoms with E-state index in [1.54, 1.807) is 37.5 Å². The van der Waals surface area contributed by atoms with E-state index >= 15 is 0 Å². The second-order valence-corrected chi connectivity index (χ2v) is 5.12. The van der Waals surface area contributed by atoms with Gasteiger partial charge in [-0.15, -0.1) is 0 Å². The summed E-state index contributed by atoms with van der Waals surface area (Å²) in [6.07, 6.45) is 1.60. The van der Waals surface area contributed by atoms with Crippen LogP contribution >= 0.6 is 22.6 Å². The maximum absolute atomic E-state index is 12.3. The first-order chi connectivity index (χ1) is 9.54. The summed E-state index contributed by atoms with van der Waals surface area (Å²) in [5, 5.41) is 6.71. The van der Waals surface area contributed by atoms with Crippen molar-refractivity contribution in [3.8, 4) is 0 Å². The van der Waals surface area contributed by atoms with Gasteiger partial charge in [0.1, 0.15) is 5.69 Å². The van der Waals surface area contributed by atoms with Crippen LogP contribution in [-0.4, -0.2) is 28.8 Å². The summed E-state index contributed by atoms with van der Waals surface area (Å²) in [6.45, 7) is 0. The lowest BCUT2D eigenvalue weighted by Crippen LogP contribution is -2.19. The van der Waals surface area contributed by atoms with Gasteiger partial charge < -0.3 is 10.1 Å². The quantitative estimate of drug-likeness (QED) is 0.649. The Morgan fingerprint density at radius 2 is 2.05 bits per heavy atom. The smallest absolute Gasteiger partial charge is 0.339 e. The van der Waals surface area contributed by atoms with E-state index in [1.165, 1.54) is 11.8 Å². The van der Waals surface area contributed by atoms with E-state index in [4.69, 9.17) is 0 Å². The number of nitrogens with zero attached hydrogens (tertiary/aromatic N) is 2. The number of para-hydroxylation sites is 1. The Balaban J connectivity index is 2.31. The number of halogens is 1. The molecule has 0 aliphatic carbocycles. The van der Waals surface area contributed by atoms with Gasteiger partial charge in [-0.3, -0.25) is 9.48 Å². The number of ether oxygens (including phenoxy) is 1. The third-order valence-electron chi connectivity index (χ3n) is 2.69. The number of carbonyl (C=O) groups is 2. The van der Waals surface area contributed by atoms with E-state index in [1.807, 2.05) is 22.6 Å². The Morgan fingerprint density at radius 3 is 2.65 bits per heavy atom. The van der Waals surface area contributed by atoms with Crippen molar-refractivity contribution < 1.29 is 14.3 Å². The number of nitrogens with one attached hydrogen (secondary N) is 1. The molecule has 0 spiro atoms. The number of esters is 1. The first kappa shape index (κ1) is 14.5. The molecule has 0 atom stereocenters. The molecule has 0 bridgehead atoms. The Labute approximate surface area is 129 Å². The van der Waals surface area contributed by atoms with Gasteiger partial charge in [-0.1, -0.05) is 12.1 Å². The highest BCUT2D eigenvalue weighted by Gasteiger charge is 2.18. The van der Waals surface area contributed by atoms with Crippen LogP contribution in [0.2, 0.25) is 0 Å². The average molecular weight is 385 g/mol. The molecule has 7 heteroatoms. The number of aromatic nitrogens is 2. The highest BCUT2D eigenvalue weighted by Crippen LogP contribution is 2.18. The number of amides is 1. The predicted octanol–water partition coefficient (Wildman–Crippen LogP) is 2.06. The summed E-state index contributed by atoms with van der Waals surface area (Å²) in [6, 6.07) is 6.68. The molecular formula is C13H12IN3O3. The first-order valence-corrected chi connectivity index (χ1v) is 6.78. The molecule has 20 heavy (non-hydrogen) atoms. The maximum Gasteiger partial charge on any atom is 0.339 e. The number of hydrogen-bond donors (Lipinski definition) is 1. The Bertz CT molecular complexity index is 647. The summed E-state index contributed by atoms with van der Waals surface area (Å²) in [7, 11) is 2.98. The van der Waals surface area contributed by atoms with Crippen molar-refractivity contribution in [2.45, 2.75) is 0 Å². The van der Waals surface area contributed by atoms with Crippen molar-refractivity contribution in [1.82, 2.24) is 9.78 Å². The summed E-state index contributed by atoms with van der Waals surface area (Å²) >= 11 is 2.03. The van der Waals surface area contributed by atoms with Gasteiger partial charge in [-0.05, 0) is 34.7 Å². The van der Waals surface area contributed by atoms with E-state index in [2.05, 4.69) is 15.2 Å². The van der Waals surface area contributed by atoms with E-state index in [-0.39, 0.29) is 5.91 Å². The Kier molecular flexibility index (Phi) is 4.38. The van der Waals surface area contributed by atoms with Gasteiger partial charge in [-0.2, -0.15) is 5.10 Å². The van der Waals surface area contributed by atoms with Gasteiger partial charge in [0.15, 0.2) is 0 Å². The number of aryl methyl sites for hydroxylation is 1. The van der Waals surface area contributed by atoms with Crippen LogP contribution in [-0.2, 0) is 11.8 Å². The first-order valence-electron chi connectivity index (χ1n) is 5.70. The van der Waals surface area contributed by atoms with Gasteiger partial charge in [-0.25, -0.2) is 4.79 Å². The summed E-state index contributed by atoms with van der Waals surface area (Å²) in [5.74, 6) is -0.827. The maximum atomic E-state index is 12.3. The normalized spacial score (nSPS) is 10.2. The van der Waals surface area contributed by atoms with Crippen molar-refractivity contribution in [2.24, 2.45) is 7.05 Å². The molecule has 6 nitrogen and oxygen atoms in total. The van der Waals surface area contributed by atoms with Gasteiger partial charge in [0.25, 0.3) is 5.91 Å². The van der Waals surface area contributed by atoms with Crippen LogP contribution in [0.5, 0.6) is 0 Å². The lowest BCUT2D eigenvalue weighted by molar-refractivity contribution is 0.0602. The predicted molar refractivity (Wildman–Crippen MR) is 81.7 cm³/mol. The lowest BCUT2D eigenvalue weighted by Gasteiger charge is -2.10. The topological polar surface area (TPSA) is 73.2 Å². The molecule has 1 aromatic heterocycles. The fraction of sp³-hybridized carbons (Fsp3) is 0.154. The zero-order chi connectivity index (χ0) is 14.7. The molecule has 2 rings (SSSR count). The monoisotopic (exact) mass is 385 g/mol. The summed E-state index contributed by atoms with van der Waals surface area (Å²) in [4.78, 5) is 23.9. The second-order valence-electron chi connectivity index (χ2n) is 3.96. The van der Waals surface area contributed by atoms with Crippen LogP contribution in [0.1, 0.15) is 20.8 Å². The minimum atomic E-state index is -0.499. The third kappa shape index (κ3) is 2.82. The van der Waals surface area contributed by atoms with Crippen LogP contribution in [0.15, 0.2) is 30.5 Å². The minimum absolute atomic E-state index is 0.306. The van der Waals surface area contributed by atoms with Crippen LogP contribution in [0.3, 0.4) is 0 Å². The van der Waals surface area contributed by atoms with Crippen LogP contribution < -0.4 is 5.32 Å². The van der Waals surface area contributed by atoms with Gasteiger partial charge in [0.05, 0.1) is 28.1 Å². The van der Waals surface area contributed by atoms with Crippen molar-refractivity contribution >= 4 is 40.2 Å². The fourth-order valence-electron chi connectivity index (χ4n) is 1.73. The number of rotatable bonds is 3. The highest BCUT2D eigenvalue weighted by atomic mass is 127. The molecule has 0 saturated heterocycles. The number of carbonyl (C=O) groups excluding carboxylic acids is 2. The Morgan fingerprint density at radius 1 is 1.35 bits per heavy atom. The fourth-order valence-corrected chi connectivity index (χ4v) is 2.45. The number of anilines is 1. The van der Waals surface area contributed by atoms with E-state index < -0.39 is 5.97 Å². The molecule has 2 aromatic rings. The molecule has 0 saturated carbocycles. The molecule has 1 N–H and O–H groups in total. The molecule has 104 valence electrons. The molecule has 1 aromatic carbocycles. The molecule has 0 aliphatic heterocycles. The Hall–Kier alpha value is -1.90. The SMILES string of the molecule is COC(=O)c1ccccc1NC(=O)c1c(I)cnn1C. The minimum Gasteiger partial charge on any atom is -0.465 e. The van der Waals surface area contributed by atoms with Crippen LogP contribution in [0.25, 0.3) is 0 Å².